The second kappa shape index (κ2) is 7.19. The fourth-order valence-corrected chi connectivity index (χ4v) is 3.65. The van der Waals surface area contributed by atoms with Gasteiger partial charge >= 0.3 is 0 Å². The molecule has 4 rings (SSSR count). The van der Waals surface area contributed by atoms with Gasteiger partial charge in [-0.2, -0.15) is 0 Å². The number of fused-ring (bicyclic) bond motifs is 2. The molecule has 0 aromatic heterocycles. The summed E-state index contributed by atoms with van der Waals surface area (Å²) in [5.41, 5.74) is 3.29. The van der Waals surface area contributed by atoms with Gasteiger partial charge < -0.3 is 20.1 Å². The van der Waals surface area contributed by atoms with Gasteiger partial charge in [0, 0.05) is 29.7 Å². The maximum atomic E-state index is 12.4. The maximum absolute atomic E-state index is 12.4. The normalized spacial score (nSPS) is 16.4. The number of hydrogen-bond acceptors (Lipinski definition) is 4. The summed E-state index contributed by atoms with van der Waals surface area (Å²) in [5, 5.41) is 5.70. The van der Waals surface area contributed by atoms with Crippen molar-refractivity contribution in [3.8, 4) is 11.5 Å². The third-order valence-corrected chi connectivity index (χ3v) is 4.96. The molecule has 0 unspecified atom stereocenters. The van der Waals surface area contributed by atoms with Crippen LogP contribution in [0.2, 0.25) is 0 Å². The zero-order valence-corrected chi connectivity index (χ0v) is 16.1. The fraction of sp³-hybridized carbons (Fsp3) is 0.364. The molecule has 0 bridgehead atoms. The van der Waals surface area contributed by atoms with Crippen LogP contribution in [0, 0.1) is 0 Å². The SMILES string of the molecule is CC1(C)Cc2cccc(OCCNC(=O)c3ccc4c(c3)CCC(=O)N4)c2O1. The molecular formula is C22H24N2O4. The molecule has 6 nitrogen and oxygen atoms in total. The second-order valence-corrected chi connectivity index (χ2v) is 7.81. The van der Waals surface area contributed by atoms with E-state index >= 15 is 0 Å². The smallest absolute Gasteiger partial charge is 0.251 e. The van der Waals surface area contributed by atoms with Crippen molar-refractivity contribution in [3.05, 3.63) is 53.1 Å². The van der Waals surface area contributed by atoms with Gasteiger partial charge in [-0.15, -0.1) is 0 Å². The number of nitrogens with one attached hydrogen (secondary N) is 2. The van der Waals surface area contributed by atoms with Crippen molar-refractivity contribution >= 4 is 17.5 Å². The van der Waals surface area contributed by atoms with Crippen LogP contribution in [-0.2, 0) is 17.6 Å². The summed E-state index contributed by atoms with van der Waals surface area (Å²) in [4.78, 5) is 23.8. The van der Waals surface area contributed by atoms with E-state index in [1.54, 1.807) is 12.1 Å². The Bertz CT molecular complexity index is 936. The Balaban J connectivity index is 1.31. The van der Waals surface area contributed by atoms with Crippen molar-refractivity contribution in [2.24, 2.45) is 0 Å². The van der Waals surface area contributed by atoms with E-state index in [9.17, 15) is 9.59 Å². The number of carbonyl (C=O) groups excluding carboxylic acids is 2. The number of hydrogen-bond donors (Lipinski definition) is 2. The largest absolute Gasteiger partial charge is 0.488 e. The monoisotopic (exact) mass is 380 g/mol. The predicted octanol–water partition coefficient (Wildman–Crippen LogP) is 3.09. The van der Waals surface area contributed by atoms with E-state index in [1.807, 2.05) is 18.2 Å². The van der Waals surface area contributed by atoms with Gasteiger partial charge in [-0.3, -0.25) is 9.59 Å². The Hall–Kier alpha value is -3.02. The first-order valence-electron chi connectivity index (χ1n) is 9.56. The van der Waals surface area contributed by atoms with E-state index in [1.165, 1.54) is 0 Å². The summed E-state index contributed by atoms with van der Waals surface area (Å²) in [6.45, 7) is 4.86. The molecule has 2 amide bonds. The van der Waals surface area contributed by atoms with E-state index in [2.05, 4.69) is 30.5 Å². The first kappa shape index (κ1) is 18.3. The Morgan fingerprint density at radius 1 is 1.21 bits per heavy atom. The van der Waals surface area contributed by atoms with Crippen molar-refractivity contribution in [2.45, 2.75) is 38.7 Å². The average Bonchev–Trinajstić information content (AvgIpc) is 2.99. The number of para-hydroxylation sites is 1. The van der Waals surface area contributed by atoms with Gasteiger partial charge in [-0.25, -0.2) is 0 Å². The molecule has 2 heterocycles. The molecular weight excluding hydrogens is 356 g/mol. The van der Waals surface area contributed by atoms with Crippen molar-refractivity contribution in [1.82, 2.24) is 5.32 Å². The van der Waals surface area contributed by atoms with Crippen LogP contribution < -0.4 is 20.1 Å². The number of anilines is 1. The molecule has 0 saturated heterocycles. The van der Waals surface area contributed by atoms with Crippen molar-refractivity contribution in [3.63, 3.8) is 0 Å². The van der Waals surface area contributed by atoms with Gasteiger partial charge in [0.25, 0.3) is 5.91 Å². The predicted molar refractivity (Wildman–Crippen MR) is 106 cm³/mol. The van der Waals surface area contributed by atoms with E-state index in [0.29, 0.717) is 37.3 Å². The van der Waals surface area contributed by atoms with Crippen LogP contribution in [0.1, 0.15) is 41.8 Å². The summed E-state index contributed by atoms with van der Waals surface area (Å²) < 4.78 is 11.8. The van der Waals surface area contributed by atoms with Crippen LogP contribution in [0.4, 0.5) is 5.69 Å². The quantitative estimate of drug-likeness (QED) is 0.782. The number of benzene rings is 2. The Morgan fingerprint density at radius 2 is 2.07 bits per heavy atom. The van der Waals surface area contributed by atoms with Crippen molar-refractivity contribution < 1.29 is 19.1 Å². The van der Waals surface area contributed by atoms with Gasteiger partial charge in [-0.05, 0) is 50.1 Å². The summed E-state index contributed by atoms with van der Waals surface area (Å²) in [7, 11) is 0. The third kappa shape index (κ3) is 3.81. The molecule has 2 aliphatic heterocycles. The van der Waals surface area contributed by atoms with Gasteiger partial charge in [-0.1, -0.05) is 12.1 Å². The lowest BCUT2D eigenvalue weighted by Crippen LogP contribution is -2.28. The molecule has 0 radical (unpaired) electrons. The summed E-state index contributed by atoms with van der Waals surface area (Å²) in [6, 6.07) is 11.2. The number of amides is 2. The topological polar surface area (TPSA) is 76.7 Å². The number of aryl methyl sites for hydroxylation is 1. The molecule has 146 valence electrons. The molecule has 0 saturated carbocycles. The molecule has 0 fully saturated rings. The van der Waals surface area contributed by atoms with Gasteiger partial charge in [0.1, 0.15) is 12.2 Å². The highest BCUT2D eigenvalue weighted by atomic mass is 16.5. The highest BCUT2D eigenvalue weighted by molar-refractivity contribution is 5.97. The Morgan fingerprint density at radius 3 is 2.93 bits per heavy atom. The van der Waals surface area contributed by atoms with Gasteiger partial charge in [0.05, 0.1) is 6.54 Å². The molecule has 0 aliphatic carbocycles. The van der Waals surface area contributed by atoms with E-state index in [-0.39, 0.29) is 17.4 Å². The van der Waals surface area contributed by atoms with Crippen LogP contribution in [0.3, 0.4) is 0 Å². The van der Waals surface area contributed by atoms with Crippen molar-refractivity contribution in [2.75, 3.05) is 18.5 Å². The highest BCUT2D eigenvalue weighted by Gasteiger charge is 2.32. The first-order valence-corrected chi connectivity index (χ1v) is 9.56. The lowest BCUT2D eigenvalue weighted by Gasteiger charge is -2.18. The molecule has 6 heteroatoms. The van der Waals surface area contributed by atoms with Crippen molar-refractivity contribution in [1.29, 1.82) is 0 Å². The van der Waals surface area contributed by atoms with E-state index in [0.717, 1.165) is 29.0 Å². The molecule has 0 atom stereocenters. The Labute approximate surface area is 164 Å². The summed E-state index contributed by atoms with van der Waals surface area (Å²) >= 11 is 0. The fourth-order valence-electron chi connectivity index (χ4n) is 3.65. The first-order chi connectivity index (χ1) is 13.4. The average molecular weight is 380 g/mol. The van der Waals surface area contributed by atoms with Crippen LogP contribution in [0.25, 0.3) is 0 Å². The number of ether oxygens (including phenoxy) is 2. The van der Waals surface area contributed by atoms with Crippen LogP contribution in [0.5, 0.6) is 11.5 Å². The highest BCUT2D eigenvalue weighted by Crippen LogP contribution is 2.41. The third-order valence-electron chi connectivity index (χ3n) is 4.96. The standard InChI is InChI=1S/C22H24N2O4/c1-22(2)13-16-4-3-5-18(20(16)28-22)27-11-10-23-21(26)15-6-8-17-14(12-15)7-9-19(25)24-17/h3-6,8,12H,7,9-11,13H2,1-2H3,(H,23,26)(H,24,25). The lowest BCUT2D eigenvalue weighted by molar-refractivity contribution is -0.116. The summed E-state index contributed by atoms with van der Waals surface area (Å²) in [6.07, 6.45) is 1.96. The zero-order chi connectivity index (χ0) is 19.7. The Kier molecular flexibility index (Phi) is 4.71. The minimum atomic E-state index is -0.220. The van der Waals surface area contributed by atoms with Crippen LogP contribution in [0.15, 0.2) is 36.4 Å². The second-order valence-electron chi connectivity index (χ2n) is 7.81. The molecule has 28 heavy (non-hydrogen) atoms. The minimum Gasteiger partial charge on any atom is -0.488 e. The molecule has 2 aromatic rings. The number of rotatable bonds is 5. The van der Waals surface area contributed by atoms with E-state index in [4.69, 9.17) is 9.47 Å². The molecule has 2 aliphatic rings. The maximum Gasteiger partial charge on any atom is 0.251 e. The van der Waals surface area contributed by atoms with E-state index < -0.39 is 0 Å². The molecule has 0 spiro atoms. The van der Waals surface area contributed by atoms with Crippen LogP contribution in [-0.4, -0.2) is 30.6 Å². The lowest BCUT2D eigenvalue weighted by atomic mass is 10.00. The summed E-state index contributed by atoms with van der Waals surface area (Å²) in [5.74, 6) is 1.37. The van der Waals surface area contributed by atoms with Gasteiger partial charge in [0.2, 0.25) is 5.91 Å². The molecule has 2 aromatic carbocycles. The zero-order valence-electron chi connectivity index (χ0n) is 16.1. The van der Waals surface area contributed by atoms with Gasteiger partial charge in [0.15, 0.2) is 11.5 Å². The number of carbonyl (C=O) groups is 2. The van der Waals surface area contributed by atoms with Crippen LogP contribution >= 0.6 is 0 Å². The minimum absolute atomic E-state index is 0.0154. The molecule has 2 N–H and O–H groups in total.